The van der Waals surface area contributed by atoms with Gasteiger partial charge in [-0.2, -0.15) is 0 Å². The van der Waals surface area contributed by atoms with E-state index in [0.29, 0.717) is 31.4 Å². The second kappa shape index (κ2) is 10.0. The van der Waals surface area contributed by atoms with E-state index in [4.69, 9.17) is 39.3 Å². The maximum Gasteiger partial charge on any atom is 0.306 e. The predicted octanol–water partition coefficient (Wildman–Crippen LogP) is 7.21. The summed E-state index contributed by atoms with van der Waals surface area (Å²) in [5.41, 5.74) is 0.565. The molecule has 4 nitrogen and oxygen atoms in total. The zero-order valence-corrected chi connectivity index (χ0v) is 20.2. The van der Waals surface area contributed by atoms with Crippen LogP contribution in [0.2, 0.25) is 15.1 Å². The molecule has 0 spiro atoms. The summed E-state index contributed by atoms with van der Waals surface area (Å²) in [5.74, 6) is -0.369. The van der Waals surface area contributed by atoms with Crippen LogP contribution in [0.4, 0.5) is 5.69 Å². The van der Waals surface area contributed by atoms with Crippen molar-refractivity contribution in [2.75, 3.05) is 5.32 Å². The standard InChI is InChI=1S/C25H17Cl3NO3P/c26-17-11-14-24(21(15-17)25(30)29-18-12-13-22(27)23(28)16-18)32-33(31,19-7-3-1-4-8-19)20-9-5-2-6-10-20/h1-16H,(H,29,30). The molecule has 0 fully saturated rings. The van der Waals surface area contributed by atoms with E-state index in [0.717, 1.165) is 0 Å². The Kier molecular flexibility index (Phi) is 7.11. The fraction of sp³-hybridized carbons (Fsp3) is 0. The molecule has 0 atom stereocenters. The van der Waals surface area contributed by atoms with Crippen molar-refractivity contribution in [1.29, 1.82) is 0 Å². The van der Waals surface area contributed by atoms with Gasteiger partial charge in [0.05, 0.1) is 26.2 Å². The van der Waals surface area contributed by atoms with Gasteiger partial charge in [-0.1, -0.05) is 71.2 Å². The molecule has 0 saturated carbocycles. The third-order valence-electron chi connectivity index (χ3n) is 4.78. The van der Waals surface area contributed by atoms with E-state index in [-0.39, 0.29) is 11.3 Å². The summed E-state index contributed by atoms with van der Waals surface area (Å²) in [6.07, 6.45) is 0. The predicted molar refractivity (Wildman–Crippen MR) is 136 cm³/mol. The van der Waals surface area contributed by atoms with Crippen molar-refractivity contribution < 1.29 is 13.9 Å². The van der Waals surface area contributed by atoms with Crippen LogP contribution in [0.25, 0.3) is 0 Å². The average molecular weight is 517 g/mol. The van der Waals surface area contributed by atoms with Gasteiger partial charge in [0.25, 0.3) is 5.91 Å². The Labute approximate surface area is 206 Å². The van der Waals surface area contributed by atoms with Gasteiger partial charge in [0, 0.05) is 10.7 Å². The first-order valence-corrected chi connectivity index (χ1v) is 12.6. The Morgan fingerprint density at radius 1 is 0.727 bits per heavy atom. The van der Waals surface area contributed by atoms with Crippen LogP contribution in [0.5, 0.6) is 5.75 Å². The second-order valence-corrected chi connectivity index (χ2v) is 10.6. The van der Waals surface area contributed by atoms with Gasteiger partial charge in [0.15, 0.2) is 0 Å². The number of carbonyl (C=O) groups is 1. The van der Waals surface area contributed by atoms with Crippen molar-refractivity contribution in [3.05, 3.63) is 118 Å². The number of rotatable bonds is 6. The van der Waals surface area contributed by atoms with E-state index < -0.39 is 13.3 Å². The molecule has 0 aliphatic heterocycles. The molecule has 4 aromatic rings. The van der Waals surface area contributed by atoms with Gasteiger partial charge in [-0.15, -0.1) is 0 Å². The van der Waals surface area contributed by atoms with Crippen LogP contribution in [-0.2, 0) is 4.57 Å². The number of amides is 1. The summed E-state index contributed by atoms with van der Waals surface area (Å²) in [4.78, 5) is 13.1. The lowest BCUT2D eigenvalue weighted by Crippen LogP contribution is -2.21. The summed E-state index contributed by atoms with van der Waals surface area (Å²) < 4.78 is 20.4. The Bertz CT molecular complexity index is 1300. The largest absolute Gasteiger partial charge is 0.436 e. The molecule has 33 heavy (non-hydrogen) atoms. The van der Waals surface area contributed by atoms with E-state index in [1.165, 1.54) is 18.2 Å². The third-order valence-corrected chi connectivity index (χ3v) is 8.17. The van der Waals surface area contributed by atoms with Crippen LogP contribution in [0.1, 0.15) is 10.4 Å². The molecule has 0 aliphatic carbocycles. The molecule has 1 amide bonds. The monoisotopic (exact) mass is 515 g/mol. The Balaban J connectivity index is 1.75. The van der Waals surface area contributed by atoms with Crippen molar-refractivity contribution in [1.82, 2.24) is 0 Å². The van der Waals surface area contributed by atoms with Crippen LogP contribution >= 0.6 is 42.2 Å². The normalized spacial score (nSPS) is 11.1. The molecule has 0 saturated heterocycles. The number of carbonyl (C=O) groups excluding carboxylic acids is 1. The van der Waals surface area contributed by atoms with Crippen molar-refractivity contribution in [2.24, 2.45) is 0 Å². The SMILES string of the molecule is O=C(Nc1ccc(Cl)c(Cl)c1)c1cc(Cl)ccc1OP(=O)(c1ccccc1)c1ccccc1. The zero-order chi connectivity index (χ0) is 23.4. The molecular formula is C25H17Cl3NO3P. The number of benzene rings is 4. The highest BCUT2D eigenvalue weighted by Gasteiger charge is 2.31. The lowest BCUT2D eigenvalue weighted by atomic mass is 10.2. The molecule has 0 bridgehead atoms. The summed E-state index contributed by atoms with van der Waals surface area (Å²) >= 11 is 18.2. The number of hydrogen-bond donors (Lipinski definition) is 1. The van der Waals surface area contributed by atoms with Crippen molar-refractivity contribution in [3.8, 4) is 5.75 Å². The highest BCUT2D eigenvalue weighted by atomic mass is 35.5. The Hall–Kier alpha value is -2.75. The lowest BCUT2D eigenvalue weighted by Gasteiger charge is -2.22. The maximum atomic E-state index is 14.3. The van der Waals surface area contributed by atoms with E-state index in [9.17, 15) is 9.36 Å². The number of anilines is 1. The van der Waals surface area contributed by atoms with Gasteiger partial charge < -0.3 is 9.84 Å². The minimum absolute atomic E-state index is 0.126. The Morgan fingerprint density at radius 3 is 1.91 bits per heavy atom. The Morgan fingerprint density at radius 2 is 1.33 bits per heavy atom. The van der Waals surface area contributed by atoms with E-state index in [1.807, 2.05) is 12.1 Å². The highest BCUT2D eigenvalue weighted by Crippen LogP contribution is 2.46. The number of nitrogens with one attached hydrogen (secondary N) is 1. The van der Waals surface area contributed by atoms with Gasteiger partial charge >= 0.3 is 7.37 Å². The van der Waals surface area contributed by atoms with Crippen molar-refractivity contribution in [2.45, 2.75) is 0 Å². The summed E-state index contributed by atoms with van der Waals surface area (Å²) in [6, 6.07) is 27.0. The molecule has 0 heterocycles. The first kappa shape index (κ1) is 23.4. The summed E-state index contributed by atoms with van der Waals surface area (Å²) in [5, 5.41) is 4.75. The molecule has 0 radical (unpaired) electrons. The fourth-order valence-corrected chi connectivity index (χ4v) is 5.72. The molecule has 8 heteroatoms. The topological polar surface area (TPSA) is 55.4 Å². The van der Waals surface area contributed by atoms with Gasteiger partial charge in [-0.25, -0.2) is 0 Å². The van der Waals surface area contributed by atoms with E-state index in [2.05, 4.69) is 5.32 Å². The van der Waals surface area contributed by atoms with Crippen LogP contribution in [-0.4, -0.2) is 5.91 Å². The van der Waals surface area contributed by atoms with E-state index >= 15 is 0 Å². The molecule has 4 aromatic carbocycles. The van der Waals surface area contributed by atoms with Crippen LogP contribution in [0, 0.1) is 0 Å². The molecule has 4 rings (SSSR count). The number of hydrogen-bond acceptors (Lipinski definition) is 3. The minimum Gasteiger partial charge on any atom is -0.436 e. The molecule has 0 unspecified atom stereocenters. The van der Waals surface area contributed by atoms with Gasteiger partial charge in [-0.3, -0.25) is 9.36 Å². The second-order valence-electron chi connectivity index (χ2n) is 7.04. The van der Waals surface area contributed by atoms with Gasteiger partial charge in [0.1, 0.15) is 5.75 Å². The summed E-state index contributed by atoms with van der Waals surface area (Å²) in [7, 11) is -3.59. The molecule has 1 N–H and O–H groups in total. The van der Waals surface area contributed by atoms with Crippen molar-refractivity contribution >= 4 is 64.4 Å². The lowest BCUT2D eigenvalue weighted by molar-refractivity contribution is 0.102. The minimum atomic E-state index is -3.59. The van der Waals surface area contributed by atoms with E-state index in [1.54, 1.807) is 66.7 Å². The van der Waals surface area contributed by atoms with Gasteiger partial charge in [-0.05, 0) is 60.7 Å². The molecule has 166 valence electrons. The van der Waals surface area contributed by atoms with Crippen LogP contribution in [0.3, 0.4) is 0 Å². The van der Waals surface area contributed by atoms with Crippen molar-refractivity contribution in [3.63, 3.8) is 0 Å². The van der Waals surface area contributed by atoms with Gasteiger partial charge in [0.2, 0.25) is 0 Å². The third kappa shape index (κ3) is 5.26. The highest BCUT2D eigenvalue weighted by molar-refractivity contribution is 7.74. The van der Waals surface area contributed by atoms with Crippen LogP contribution in [0.15, 0.2) is 97.1 Å². The summed E-state index contributed by atoms with van der Waals surface area (Å²) in [6.45, 7) is 0. The smallest absolute Gasteiger partial charge is 0.306 e. The van der Waals surface area contributed by atoms with Crippen LogP contribution < -0.4 is 20.4 Å². The zero-order valence-electron chi connectivity index (χ0n) is 17.0. The quantitative estimate of drug-likeness (QED) is 0.276. The molecule has 0 aromatic heterocycles. The first-order valence-electron chi connectivity index (χ1n) is 9.83. The maximum absolute atomic E-state index is 14.3. The fourth-order valence-electron chi connectivity index (χ4n) is 3.17. The average Bonchev–Trinajstić information content (AvgIpc) is 2.83. The molecule has 0 aliphatic rings. The molecular weight excluding hydrogens is 500 g/mol. The number of halogens is 3. The first-order chi connectivity index (χ1) is 15.9.